The first-order chi connectivity index (χ1) is 14.5. The summed E-state index contributed by atoms with van der Waals surface area (Å²) in [5.74, 6) is 2.21. The van der Waals surface area contributed by atoms with Crippen molar-refractivity contribution in [2.45, 2.75) is 63.6 Å². The molecule has 5 fully saturated rings. The highest BCUT2D eigenvalue weighted by atomic mass is 32.1. The molecule has 0 unspecified atom stereocenters. The first kappa shape index (κ1) is 20.5. The molecule has 1 aromatic rings. The minimum Gasteiger partial charge on any atom is -0.332 e. The van der Waals surface area contributed by atoms with E-state index in [1.54, 1.807) is 4.90 Å². The van der Waals surface area contributed by atoms with Crippen molar-refractivity contribution in [2.75, 3.05) is 26.2 Å². The lowest BCUT2D eigenvalue weighted by molar-refractivity contribution is -1.02. The summed E-state index contributed by atoms with van der Waals surface area (Å²) in [6, 6.07) is 3.86. The van der Waals surface area contributed by atoms with Gasteiger partial charge in [-0.25, -0.2) is 4.79 Å². The van der Waals surface area contributed by atoms with Gasteiger partial charge in [0.1, 0.15) is 32.7 Å². The Bertz CT molecular complexity index is 737. The third kappa shape index (κ3) is 4.30. The van der Waals surface area contributed by atoms with E-state index in [2.05, 4.69) is 28.1 Å². The molecule has 7 heteroatoms. The van der Waals surface area contributed by atoms with Crippen molar-refractivity contribution in [3.05, 3.63) is 22.4 Å². The molecule has 4 saturated carbocycles. The second-order valence-corrected chi connectivity index (χ2v) is 11.6. The molecule has 0 radical (unpaired) electrons. The smallest absolute Gasteiger partial charge is 0.322 e. The van der Waals surface area contributed by atoms with E-state index >= 15 is 0 Å². The van der Waals surface area contributed by atoms with Crippen LogP contribution in [0, 0.1) is 17.8 Å². The number of imide groups is 1. The number of quaternary nitrogens is 2. The number of hydrogen-bond donors (Lipinski definition) is 4. The van der Waals surface area contributed by atoms with Gasteiger partial charge in [-0.05, 0) is 74.6 Å². The van der Waals surface area contributed by atoms with E-state index < -0.39 is 0 Å². The van der Waals surface area contributed by atoms with Gasteiger partial charge in [0.25, 0.3) is 5.91 Å². The summed E-state index contributed by atoms with van der Waals surface area (Å²) in [7, 11) is 0. The van der Waals surface area contributed by atoms with Gasteiger partial charge in [-0.1, -0.05) is 6.07 Å². The van der Waals surface area contributed by atoms with Crippen LogP contribution in [0.15, 0.2) is 17.5 Å². The first-order valence-electron chi connectivity index (χ1n) is 11.8. The summed E-state index contributed by atoms with van der Waals surface area (Å²) >= 11 is 1.82. The average molecular weight is 433 g/mol. The standard InChI is InChI=1S/C23H34N4O2S/c1-16(27-6-4-26(5-7-27)15-20-3-2-8-30-20)21(28)24-22(29)25-23-12-17-9-18(13-23)11-19(10-17)14-23/h2-3,8,16-19H,4-7,9-15H2,1H3,(H2,24,25,28,29)/p+2/t16-,17?,18?,19?,23?/m0/s1. The van der Waals surface area contributed by atoms with Crippen LogP contribution in [0.3, 0.4) is 0 Å². The number of nitrogens with one attached hydrogen (secondary N) is 4. The normalized spacial score (nSPS) is 38.2. The van der Waals surface area contributed by atoms with Crippen LogP contribution in [-0.2, 0) is 11.3 Å². The average Bonchev–Trinajstić information content (AvgIpc) is 3.19. The molecule has 0 aromatic carbocycles. The molecule has 3 amide bonds. The van der Waals surface area contributed by atoms with Gasteiger partial charge in [-0.3, -0.25) is 10.1 Å². The van der Waals surface area contributed by atoms with Gasteiger partial charge in [0, 0.05) is 5.54 Å². The summed E-state index contributed by atoms with van der Waals surface area (Å²) in [4.78, 5) is 29.8. The van der Waals surface area contributed by atoms with Gasteiger partial charge in [0.05, 0.1) is 4.88 Å². The van der Waals surface area contributed by atoms with Crippen LogP contribution in [0.2, 0.25) is 0 Å². The number of carbonyl (C=O) groups excluding carboxylic acids is 2. The van der Waals surface area contributed by atoms with E-state index in [0.717, 1.165) is 69.7 Å². The minimum atomic E-state index is -0.268. The van der Waals surface area contributed by atoms with Crippen LogP contribution >= 0.6 is 11.3 Å². The SMILES string of the molecule is C[C@@H](C(=O)NC(=O)NC12CC3CC(CC(C3)C1)C2)[NH+]1CC[NH+](Cc2cccs2)CC1. The number of amides is 3. The highest BCUT2D eigenvalue weighted by Gasteiger charge is 2.51. The Balaban J connectivity index is 1.09. The van der Waals surface area contributed by atoms with Gasteiger partial charge in [0.15, 0.2) is 6.04 Å². The molecule has 5 aliphatic rings. The van der Waals surface area contributed by atoms with Crippen molar-refractivity contribution in [2.24, 2.45) is 17.8 Å². The van der Waals surface area contributed by atoms with Gasteiger partial charge in [0.2, 0.25) is 0 Å². The molecular weight excluding hydrogens is 396 g/mol. The third-order valence-electron chi connectivity index (χ3n) is 8.26. The fourth-order valence-electron chi connectivity index (χ4n) is 7.14. The van der Waals surface area contributed by atoms with E-state index in [1.807, 2.05) is 18.3 Å². The quantitative estimate of drug-likeness (QED) is 0.538. The molecule has 4 aliphatic carbocycles. The van der Waals surface area contributed by atoms with Gasteiger partial charge < -0.3 is 15.1 Å². The molecule has 30 heavy (non-hydrogen) atoms. The lowest BCUT2D eigenvalue weighted by Gasteiger charge is -2.56. The third-order valence-corrected chi connectivity index (χ3v) is 9.14. The lowest BCUT2D eigenvalue weighted by Crippen LogP contribution is -3.29. The second-order valence-electron chi connectivity index (χ2n) is 10.5. The molecule has 6 rings (SSSR count). The molecule has 164 valence electrons. The topological polar surface area (TPSA) is 67.1 Å². The predicted octanol–water partition coefficient (Wildman–Crippen LogP) is 0.215. The summed E-state index contributed by atoms with van der Waals surface area (Å²) in [6.07, 6.45) is 7.37. The monoisotopic (exact) mass is 432 g/mol. The zero-order chi connectivity index (χ0) is 20.7. The maximum atomic E-state index is 12.8. The van der Waals surface area contributed by atoms with E-state index in [0.29, 0.717) is 0 Å². The van der Waals surface area contributed by atoms with Crippen molar-refractivity contribution < 1.29 is 19.4 Å². The van der Waals surface area contributed by atoms with Crippen LogP contribution in [0.1, 0.15) is 50.3 Å². The molecular formula is C23H36N4O2S+2. The molecule has 4 bridgehead atoms. The molecule has 0 spiro atoms. The maximum Gasteiger partial charge on any atom is 0.322 e. The van der Waals surface area contributed by atoms with Crippen LogP contribution in [0.5, 0.6) is 0 Å². The fourth-order valence-corrected chi connectivity index (χ4v) is 7.91. The minimum absolute atomic E-state index is 0.0496. The van der Waals surface area contributed by atoms with Gasteiger partial charge >= 0.3 is 6.03 Å². The van der Waals surface area contributed by atoms with Crippen molar-refractivity contribution in [1.29, 1.82) is 0 Å². The van der Waals surface area contributed by atoms with Crippen LogP contribution in [-0.4, -0.2) is 49.7 Å². The van der Waals surface area contributed by atoms with Gasteiger partial charge in [-0.15, -0.1) is 11.3 Å². The van der Waals surface area contributed by atoms with E-state index in [1.165, 1.54) is 29.0 Å². The van der Waals surface area contributed by atoms with Crippen molar-refractivity contribution in [3.63, 3.8) is 0 Å². The largest absolute Gasteiger partial charge is 0.332 e. The molecule has 1 atom stereocenters. The zero-order valence-electron chi connectivity index (χ0n) is 18.0. The first-order valence-corrected chi connectivity index (χ1v) is 12.7. The number of rotatable bonds is 5. The number of urea groups is 1. The molecule has 4 N–H and O–H groups in total. The van der Waals surface area contributed by atoms with Crippen LogP contribution in [0.4, 0.5) is 4.79 Å². The highest BCUT2D eigenvalue weighted by Crippen LogP contribution is 2.55. The predicted molar refractivity (Wildman–Crippen MR) is 116 cm³/mol. The van der Waals surface area contributed by atoms with E-state index in [9.17, 15) is 9.59 Å². The molecule has 1 aliphatic heterocycles. The zero-order valence-corrected chi connectivity index (χ0v) is 18.9. The fraction of sp³-hybridized carbons (Fsp3) is 0.739. The van der Waals surface area contributed by atoms with Crippen LogP contribution in [0.25, 0.3) is 0 Å². The van der Waals surface area contributed by atoms with Crippen molar-refractivity contribution in [3.8, 4) is 0 Å². The van der Waals surface area contributed by atoms with Crippen LogP contribution < -0.4 is 20.4 Å². The van der Waals surface area contributed by atoms with E-state index in [4.69, 9.17) is 0 Å². The van der Waals surface area contributed by atoms with Crippen molar-refractivity contribution >= 4 is 23.3 Å². The van der Waals surface area contributed by atoms with E-state index in [-0.39, 0.29) is 23.5 Å². The highest BCUT2D eigenvalue weighted by molar-refractivity contribution is 7.09. The maximum absolute atomic E-state index is 12.8. The molecule has 2 heterocycles. The number of thiophene rings is 1. The Morgan fingerprint density at radius 3 is 2.30 bits per heavy atom. The Hall–Kier alpha value is -1.44. The molecule has 1 saturated heterocycles. The second kappa shape index (κ2) is 8.24. The Kier molecular flexibility index (Phi) is 5.62. The number of carbonyl (C=O) groups is 2. The Labute approximate surface area is 183 Å². The Morgan fingerprint density at radius 1 is 1.10 bits per heavy atom. The number of hydrogen-bond acceptors (Lipinski definition) is 3. The summed E-state index contributed by atoms with van der Waals surface area (Å²) in [5, 5.41) is 8.08. The molecule has 6 nitrogen and oxygen atoms in total. The summed E-state index contributed by atoms with van der Waals surface area (Å²) in [5.41, 5.74) is -0.0496. The number of piperazine rings is 1. The lowest BCUT2D eigenvalue weighted by atomic mass is 9.53. The van der Waals surface area contributed by atoms with Crippen molar-refractivity contribution in [1.82, 2.24) is 10.6 Å². The summed E-state index contributed by atoms with van der Waals surface area (Å²) < 4.78 is 0. The Morgan fingerprint density at radius 2 is 1.73 bits per heavy atom. The van der Waals surface area contributed by atoms with Gasteiger partial charge in [-0.2, -0.15) is 0 Å². The summed E-state index contributed by atoms with van der Waals surface area (Å²) in [6.45, 7) is 7.15. The molecule has 1 aromatic heterocycles.